The number of aryl methyl sites for hydroxylation is 1. The smallest absolute Gasteiger partial charge is 0.261 e. The number of thiophene rings is 1. The Balaban J connectivity index is 1.78. The Morgan fingerprint density at radius 3 is 2.76 bits per heavy atom. The third kappa shape index (κ3) is 4.68. The summed E-state index contributed by atoms with van der Waals surface area (Å²) in [6.45, 7) is 2.25. The first-order chi connectivity index (χ1) is 10.1. The van der Waals surface area contributed by atoms with Crippen molar-refractivity contribution in [3.8, 4) is 0 Å². The number of hydrogen-bond donors (Lipinski definition) is 2. The van der Waals surface area contributed by atoms with Crippen molar-refractivity contribution in [2.75, 3.05) is 11.9 Å². The van der Waals surface area contributed by atoms with Crippen molar-refractivity contribution >= 4 is 44.8 Å². The Bertz CT molecular complexity index is 641. The van der Waals surface area contributed by atoms with Crippen molar-refractivity contribution in [1.82, 2.24) is 5.32 Å². The number of anilines is 1. The number of amides is 2. The van der Waals surface area contributed by atoms with E-state index in [1.165, 1.54) is 11.3 Å². The van der Waals surface area contributed by atoms with E-state index >= 15 is 0 Å². The lowest BCUT2D eigenvalue weighted by Gasteiger charge is -2.09. The van der Waals surface area contributed by atoms with Crippen molar-refractivity contribution in [3.63, 3.8) is 0 Å². The summed E-state index contributed by atoms with van der Waals surface area (Å²) >= 11 is 4.76. The van der Waals surface area contributed by atoms with Crippen molar-refractivity contribution in [2.45, 2.75) is 13.3 Å². The van der Waals surface area contributed by atoms with Gasteiger partial charge in [-0.2, -0.15) is 0 Å². The molecule has 1 aromatic carbocycles. The van der Waals surface area contributed by atoms with Gasteiger partial charge in [0.2, 0.25) is 5.91 Å². The molecule has 0 saturated carbocycles. The van der Waals surface area contributed by atoms with E-state index in [0.717, 1.165) is 15.7 Å². The molecule has 2 rings (SSSR count). The van der Waals surface area contributed by atoms with Crippen LogP contribution in [0.3, 0.4) is 0 Å². The summed E-state index contributed by atoms with van der Waals surface area (Å²) in [5, 5.41) is 7.41. The zero-order valence-corrected chi connectivity index (χ0v) is 13.9. The molecule has 0 radical (unpaired) electrons. The second-order valence-electron chi connectivity index (χ2n) is 4.49. The molecular formula is C15H15BrN2O2S. The predicted molar refractivity (Wildman–Crippen MR) is 88.8 cm³/mol. The summed E-state index contributed by atoms with van der Waals surface area (Å²) in [5.41, 5.74) is 1.77. The Kier molecular flexibility index (Phi) is 5.52. The largest absolute Gasteiger partial charge is 0.351 e. The number of hydrogen-bond acceptors (Lipinski definition) is 3. The number of nitrogens with one attached hydrogen (secondary N) is 2. The van der Waals surface area contributed by atoms with Crippen LogP contribution in [0, 0.1) is 6.92 Å². The molecule has 6 heteroatoms. The molecule has 0 bridgehead atoms. The van der Waals surface area contributed by atoms with E-state index in [4.69, 9.17) is 0 Å². The molecule has 0 unspecified atom stereocenters. The van der Waals surface area contributed by atoms with E-state index in [9.17, 15) is 9.59 Å². The van der Waals surface area contributed by atoms with Gasteiger partial charge in [-0.25, -0.2) is 0 Å². The van der Waals surface area contributed by atoms with Gasteiger partial charge < -0.3 is 10.6 Å². The van der Waals surface area contributed by atoms with E-state index in [1.807, 2.05) is 36.6 Å². The van der Waals surface area contributed by atoms with Crippen LogP contribution in [0.4, 0.5) is 5.69 Å². The zero-order valence-electron chi connectivity index (χ0n) is 11.5. The summed E-state index contributed by atoms with van der Waals surface area (Å²) in [6, 6.07) is 9.24. The Labute approximate surface area is 135 Å². The molecule has 0 spiro atoms. The molecule has 0 atom stereocenters. The van der Waals surface area contributed by atoms with Gasteiger partial charge in [0.1, 0.15) is 0 Å². The minimum atomic E-state index is -0.141. The molecule has 1 aromatic heterocycles. The fourth-order valence-electron chi connectivity index (χ4n) is 1.76. The van der Waals surface area contributed by atoms with Gasteiger partial charge in [0.15, 0.2) is 0 Å². The Hall–Kier alpha value is -1.66. The molecule has 4 nitrogen and oxygen atoms in total. The molecule has 0 aliphatic carbocycles. The van der Waals surface area contributed by atoms with Crippen molar-refractivity contribution < 1.29 is 9.59 Å². The van der Waals surface area contributed by atoms with Gasteiger partial charge in [-0.05, 0) is 42.1 Å². The van der Waals surface area contributed by atoms with E-state index in [-0.39, 0.29) is 18.2 Å². The SMILES string of the molecule is Cc1cc(Br)ccc1NC(=O)CCNC(=O)c1cccs1. The molecule has 2 amide bonds. The average molecular weight is 367 g/mol. The average Bonchev–Trinajstić information content (AvgIpc) is 2.96. The van der Waals surface area contributed by atoms with Crippen molar-refractivity contribution in [1.29, 1.82) is 0 Å². The van der Waals surface area contributed by atoms with Gasteiger partial charge in [-0.15, -0.1) is 11.3 Å². The van der Waals surface area contributed by atoms with E-state index in [1.54, 1.807) is 6.07 Å². The standard InChI is InChI=1S/C15H15BrN2O2S/c1-10-9-11(16)4-5-12(10)18-14(19)6-7-17-15(20)13-3-2-8-21-13/h2-5,8-9H,6-7H2,1H3,(H,17,20)(H,18,19). The molecule has 0 aliphatic rings. The lowest BCUT2D eigenvalue weighted by molar-refractivity contribution is -0.116. The fourth-order valence-corrected chi connectivity index (χ4v) is 2.88. The second-order valence-corrected chi connectivity index (χ2v) is 6.35. The number of rotatable bonds is 5. The van der Waals surface area contributed by atoms with Gasteiger partial charge in [-0.1, -0.05) is 22.0 Å². The molecule has 2 N–H and O–H groups in total. The molecule has 1 heterocycles. The van der Waals surface area contributed by atoms with Crippen LogP contribution in [0.2, 0.25) is 0 Å². The van der Waals surface area contributed by atoms with Gasteiger partial charge in [0.25, 0.3) is 5.91 Å². The van der Waals surface area contributed by atoms with Gasteiger partial charge in [0, 0.05) is 23.1 Å². The Morgan fingerprint density at radius 2 is 2.10 bits per heavy atom. The first-order valence-electron chi connectivity index (χ1n) is 6.44. The number of carbonyl (C=O) groups is 2. The van der Waals surface area contributed by atoms with Crippen LogP contribution < -0.4 is 10.6 Å². The number of benzene rings is 1. The second kappa shape index (κ2) is 7.38. The molecule has 0 aliphatic heterocycles. The highest BCUT2D eigenvalue weighted by Crippen LogP contribution is 2.20. The van der Waals surface area contributed by atoms with Crippen molar-refractivity contribution in [2.24, 2.45) is 0 Å². The minimum Gasteiger partial charge on any atom is -0.351 e. The first kappa shape index (κ1) is 15.7. The van der Waals surface area contributed by atoms with Crippen LogP contribution >= 0.6 is 27.3 Å². The molecule has 0 saturated heterocycles. The molecule has 21 heavy (non-hydrogen) atoms. The lowest BCUT2D eigenvalue weighted by atomic mass is 10.2. The zero-order chi connectivity index (χ0) is 15.2. The highest BCUT2D eigenvalue weighted by Gasteiger charge is 2.08. The van der Waals surface area contributed by atoms with Crippen LogP contribution in [0.25, 0.3) is 0 Å². The molecule has 2 aromatic rings. The summed E-state index contributed by atoms with van der Waals surface area (Å²) in [4.78, 5) is 24.2. The van der Waals surface area contributed by atoms with Gasteiger partial charge >= 0.3 is 0 Å². The third-order valence-electron chi connectivity index (χ3n) is 2.85. The first-order valence-corrected chi connectivity index (χ1v) is 8.11. The van der Waals surface area contributed by atoms with Gasteiger partial charge in [-0.3, -0.25) is 9.59 Å². The van der Waals surface area contributed by atoms with Crippen LogP contribution in [0.1, 0.15) is 21.7 Å². The monoisotopic (exact) mass is 366 g/mol. The minimum absolute atomic E-state index is 0.119. The van der Waals surface area contributed by atoms with E-state index in [2.05, 4.69) is 26.6 Å². The quantitative estimate of drug-likeness (QED) is 0.849. The van der Waals surface area contributed by atoms with Crippen LogP contribution in [-0.2, 0) is 4.79 Å². The van der Waals surface area contributed by atoms with Crippen LogP contribution in [0.15, 0.2) is 40.2 Å². The van der Waals surface area contributed by atoms with E-state index in [0.29, 0.717) is 11.4 Å². The molecule has 0 fully saturated rings. The summed E-state index contributed by atoms with van der Waals surface area (Å²) in [5.74, 6) is -0.260. The normalized spacial score (nSPS) is 10.2. The maximum absolute atomic E-state index is 11.8. The lowest BCUT2D eigenvalue weighted by Crippen LogP contribution is -2.27. The fraction of sp³-hybridized carbons (Fsp3) is 0.200. The Morgan fingerprint density at radius 1 is 1.29 bits per heavy atom. The predicted octanol–water partition coefficient (Wildman–Crippen LogP) is 3.58. The molecular weight excluding hydrogens is 352 g/mol. The van der Waals surface area contributed by atoms with Gasteiger partial charge in [0.05, 0.1) is 4.88 Å². The summed E-state index contributed by atoms with van der Waals surface area (Å²) < 4.78 is 0.973. The highest BCUT2D eigenvalue weighted by atomic mass is 79.9. The number of halogens is 1. The maximum Gasteiger partial charge on any atom is 0.261 e. The maximum atomic E-state index is 11.8. The summed E-state index contributed by atoms with van der Waals surface area (Å²) in [6.07, 6.45) is 0.243. The molecule has 110 valence electrons. The van der Waals surface area contributed by atoms with Crippen LogP contribution in [-0.4, -0.2) is 18.4 Å². The summed E-state index contributed by atoms with van der Waals surface area (Å²) in [7, 11) is 0. The number of carbonyl (C=O) groups excluding carboxylic acids is 2. The van der Waals surface area contributed by atoms with Crippen molar-refractivity contribution in [3.05, 3.63) is 50.6 Å². The van der Waals surface area contributed by atoms with E-state index < -0.39 is 0 Å². The third-order valence-corrected chi connectivity index (χ3v) is 4.21. The topological polar surface area (TPSA) is 58.2 Å². The highest BCUT2D eigenvalue weighted by molar-refractivity contribution is 9.10. The van der Waals surface area contributed by atoms with Crippen LogP contribution in [0.5, 0.6) is 0 Å².